The predicted octanol–water partition coefficient (Wildman–Crippen LogP) is 8.93. The number of allylic oxidation sites excluding steroid dienone is 2. The van der Waals surface area contributed by atoms with E-state index in [1.165, 1.54) is 93.6 Å². The molecule has 7 aromatic rings. The average molecular weight is 597 g/mol. The van der Waals surface area contributed by atoms with Crippen LogP contribution in [-0.4, -0.2) is 39.7 Å². The first-order valence-corrected chi connectivity index (χ1v) is 16.6. The molecule has 2 atom stereocenters. The molecule has 0 aliphatic carbocycles. The molecule has 0 saturated carbocycles. The standard InChI is InChI=1S/C40H28N4S/c1-3-11-32-30(9-1)38-35(20-37-40-39(38)31-10-2-4-12-33(31)44(40)34-13-5-6-14-36(34)45-37)43(32)28-17-25(24-8-7-15-41-21-24)16-26(18-28)27-19-29-23-42(29)22-27/h1-14,16-21,29,41H,15,22-23H2. The van der Waals surface area contributed by atoms with Crippen LogP contribution >= 0.6 is 11.8 Å². The summed E-state index contributed by atoms with van der Waals surface area (Å²) in [5.41, 5.74) is 12.8. The number of fused-ring (bicyclic) bond motifs is 10. The molecule has 5 aromatic carbocycles. The zero-order valence-electron chi connectivity index (χ0n) is 24.5. The van der Waals surface area contributed by atoms with E-state index >= 15 is 0 Å². The summed E-state index contributed by atoms with van der Waals surface area (Å²) in [5, 5.41) is 8.72. The van der Waals surface area contributed by atoms with E-state index in [0.29, 0.717) is 6.04 Å². The van der Waals surface area contributed by atoms with E-state index in [0.717, 1.165) is 13.1 Å². The van der Waals surface area contributed by atoms with E-state index in [4.69, 9.17) is 0 Å². The fraction of sp³-hybridized carbons (Fsp3) is 0.100. The van der Waals surface area contributed by atoms with E-state index in [2.05, 4.69) is 141 Å². The van der Waals surface area contributed by atoms with Crippen LogP contribution < -0.4 is 5.32 Å². The van der Waals surface area contributed by atoms with Crippen LogP contribution in [0, 0.1) is 0 Å². The van der Waals surface area contributed by atoms with Gasteiger partial charge in [-0.3, -0.25) is 4.90 Å². The molecule has 0 radical (unpaired) electrons. The van der Waals surface area contributed by atoms with Gasteiger partial charge in [-0.25, -0.2) is 0 Å². The highest BCUT2D eigenvalue weighted by atomic mass is 32.2. The van der Waals surface area contributed by atoms with Crippen molar-refractivity contribution in [3.05, 3.63) is 133 Å². The third kappa shape index (κ3) is 3.37. The summed E-state index contributed by atoms with van der Waals surface area (Å²) >= 11 is 1.90. The Morgan fingerprint density at radius 1 is 0.711 bits per heavy atom. The molecule has 2 unspecified atom stereocenters. The van der Waals surface area contributed by atoms with Crippen molar-refractivity contribution in [1.82, 2.24) is 19.4 Å². The fourth-order valence-corrected chi connectivity index (χ4v) is 9.11. The zero-order valence-corrected chi connectivity index (χ0v) is 25.3. The van der Waals surface area contributed by atoms with Crippen LogP contribution in [0.2, 0.25) is 0 Å². The lowest BCUT2D eigenvalue weighted by molar-refractivity contribution is 0.628. The van der Waals surface area contributed by atoms with Gasteiger partial charge in [-0.1, -0.05) is 78.5 Å². The normalized spacial score (nSPS) is 19.6. The maximum atomic E-state index is 3.44. The average Bonchev–Trinajstić information content (AvgIpc) is 3.39. The lowest BCUT2D eigenvalue weighted by Gasteiger charge is -2.20. The van der Waals surface area contributed by atoms with Gasteiger partial charge in [-0.2, -0.15) is 0 Å². The number of nitrogens with zero attached hydrogens (tertiary/aromatic N) is 3. The van der Waals surface area contributed by atoms with Crippen molar-refractivity contribution in [1.29, 1.82) is 0 Å². The zero-order chi connectivity index (χ0) is 29.2. The second-order valence-corrected chi connectivity index (χ2v) is 13.7. The summed E-state index contributed by atoms with van der Waals surface area (Å²) in [4.78, 5) is 5.14. The van der Waals surface area contributed by atoms with Crippen LogP contribution in [0.5, 0.6) is 0 Å². The van der Waals surface area contributed by atoms with E-state index in [1.807, 2.05) is 11.8 Å². The number of hydrogen-bond donors (Lipinski definition) is 1. The fourth-order valence-electron chi connectivity index (χ4n) is 8.00. The molecule has 5 heteroatoms. The Labute approximate surface area is 264 Å². The third-order valence-corrected chi connectivity index (χ3v) is 11.2. The van der Waals surface area contributed by atoms with Gasteiger partial charge in [0, 0.05) is 68.9 Å². The molecule has 0 spiro atoms. The van der Waals surface area contributed by atoms with Crippen LogP contribution in [0.4, 0.5) is 0 Å². The van der Waals surface area contributed by atoms with Crippen molar-refractivity contribution >= 4 is 66.5 Å². The number of dihydropyridines is 1. The number of para-hydroxylation sites is 3. The summed E-state index contributed by atoms with van der Waals surface area (Å²) in [7, 11) is 0. The highest BCUT2D eigenvalue weighted by molar-refractivity contribution is 7.99. The van der Waals surface area contributed by atoms with Gasteiger partial charge < -0.3 is 14.5 Å². The molecular formula is C40H28N4S. The second kappa shape index (κ2) is 8.81. The van der Waals surface area contributed by atoms with E-state index < -0.39 is 0 Å². The Bertz CT molecular complexity index is 2540. The van der Waals surface area contributed by atoms with Crippen molar-refractivity contribution in [3.63, 3.8) is 0 Å². The molecule has 4 nitrogen and oxygen atoms in total. The Kier molecular flexibility index (Phi) is 4.77. The van der Waals surface area contributed by atoms with Crippen LogP contribution in [0.1, 0.15) is 11.1 Å². The maximum absolute atomic E-state index is 3.44. The quantitative estimate of drug-likeness (QED) is 0.206. The number of aromatic nitrogens is 2. The third-order valence-electron chi connectivity index (χ3n) is 10.1. The summed E-state index contributed by atoms with van der Waals surface area (Å²) in [5.74, 6) is 0. The number of hydrogen-bond acceptors (Lipinski definition) is 3. The van der Waals surface area contributed by atoms with Crippen molar-refractivity contribution in [2.45, 2.75) is 15.8 Å². The summed E-state index contributed by atoms with van der Waals surface area (Å²) in [6.45, 7) is 3.11. The minimum absolute atomic E-state index is 0.620. The molecule has 214 valence electrons. The minimum atomic E-state index is 0.620. The topological polar surface area (TPSA) is 24.9 Å². The summed E-state index contributed by atoms with van der Waals surface area (Å²) in [6, 6.07) is 37.0. The molecule has 0 bridgehead atoms. The first-order valence-electron chi connectivity index (χ1n) is 15.8. The Morgan fingerprint density at radius 3 is 2.31 bits per heavy atom. The van der Waals surface area contributed by atoms with Crippen molar-refractivity contribution in [2.24, 2.45) is 0 Å². The molecule has 6 heterocycles. The smallest absolute Gasteiger partial charge is 0.0688 e. The Morgan fingerprint density at radius 2 is 1.49 bits per heavy atom. The minimum Gasteiger partial charge on any atom is -0.387 e. The highest BCUT2D eigenvalue weighted by Gasteiger charge is 2.38. The molecular weight excluding hydrogens is 569 g/mol. The molecule has 4 aliphatic rings. The Balaban J connectivity index is 1.28. The first kappa shape index (κ1) is 24.4. The lowest BCUT2D eigenvalue weighted by atomic mass is 9.97. The molecule has 2 aromatic heterocycles. The monoisotopic (exact) mass is 596 g/mol. The van der Waals surface area contributed by atoms with E-state index in [-0.39, 0.29) is 0 Å². The SMILES string of the molecule is C1=CC(c2cc(C3=CC4CN4C3)cc(-n3c4ccccc4c4c5c6ccccc6n6c5c(cc43)Sc3ccccc3-6)c2)=CNC1. The number of benzene rings is 5. The largest absolute Gasteiger partial charge is 0.387 e. The maximum Gasteiger partial charge on any atom is 0.0688 e. The van der Waals surface area contributed by atoms with Gasteiger partial charge in [0.2, 0.25) is 0 Å². The first-order chi connectivity index (χ1) is 22.3. The Hall–Kier alpha value is -4.97. The van der Waals surface area contributed by atoms with Crippen molar-refractivity contribution in [2.75, 3.05) is 19.6 Å². The molecule has 45 heavy (non-hydrogen) atoms. The van der Waals surface area contributed by atoms with Crippen molar-refractivity contribution < 1.29 is 0 Å². The van der Waals surface area contributed by atoms with Gasteiger partial charge in [0.25, 0.3) is 0 Å². The number of rotatable bonds is 3. The molecule has 0 amide bonds. The molecule has 1 N–H and O–H groups in total. The van der Waals surface area contributed by atoms with Gasteiger partial charge in [0.15, 0.2) is 0 Å². The van der Waals surface area contributed by atoms with Gasteiger partial charge in [0.1, 0.15) is 0 Å². The van der Waals surface area contributed by atoms with E-state index in [1.54, 1.807) is 0 Å². The van der Waals surface area contributed by atoms with Gasteiger partial charge >= 0.3 is 0 Å². The van der Waals surface area contributed by atoms with Gasteiger partial charge in [-0.15, -0.1) is 0 Å². The second-order valence-electron chi connectivity index (χ2n) is 12.6. The molecule has 1 fully saturated rings. The van der Waals surface area contributed by atoms with Crippen LogP contribution in [0.25, 0.3) is 66.1 Å². The molecule has 4 aliphatic heterocycles. The van der Waals surface area contributed by atoms with E-state index in [9.17, 15) is 0 Å². The van der Waals surface area contributed by atoms with Crippen LogP contribution in [0.3, 0.4) is 0 Å². The summed E-state index contributed by atoms with van der Waals surface area (Å²) in [6.07, 6.45) is 9.11. The molecule has 11 rings (SSSR count). The van der Waals surface area contributed by atoms with Crippen molar-refractivity contribution in [3.8, 4) is 11.4 Å². The van der Waals surface area contributed by atoms with Crippen LogP contribution in [0.15, 0.2) is 131 Å². The molecule has 1 saturated heterocycles. The van der Waals surface area contributed by atoms with Gasteiger partial charge in [-0.05, 0) is 70.8 Å². The van der Waals surface area contributed by atoms with Gasteiger partial charge in [0.05, 0.1) is 27.8 Å². The number of nitrogens with one attached hydrogen (secondary N) is 1. The highest BCUT2D eigenvalue weighted by Crippen LogP contribution is 2.51. The van der Waals surface area contributed by atoms with Crippen LogP contribution in [-0.2, 0) is 0 Å². The summed E-state index contributed by atoms with van der Waals surface area (Å²) < 4.78 is 5.02. The lowest BCUT2D eigenvalue weighted by Crippen LogP contribution is -2.09. The predicted molar refractivity (Wildman–Crippen MR) is 188 cm³/mol.